The number of fused-ring (bicyclic) bond motifs is 3. The zero-order valence-corrected chi connectivity index (χ0v) is 18.0. The van der Waals surface area contributed by atoms with E-state index in [4.69, 9.17) is 11.6 Å². The van der Waals surface area contributed by atoms with Gasteiger partial charge in [-0.15, -0.1) is 0 Å². The standard InChI is InChI=1S/C24H20ClFN2O2S/c25-20-9-2-1-6-18(20)24-17-8-5-7-16(17)19-14-15(12-13-22(19)27-24)31(29,30)28-23-11-4-3-10-21(23)26/h1-7,9-14,16-17,24,27-28H,8H2/t16-,17+,24-/m0/s1. The second kappa shape index (κ2) is 7.70. The van der Waals surface area contributed by atoms with Crippen LogP contribution in [0.4, 0.5) is 15.8 Å². The third kappa shape index (κ3) is 3.60. The molecule has 0 radical (unpaired) electrons. The SMILES string of the molecule is O=S(=O)(Nc1ccccc1F)c1ccc2c(c1)[C@H]1C=CC[C@H]1[C@@H](c1ccccc1Cl)N2. The van der Waals surface area contributed by atoms with Crippen LogP contribution in [0.1, 0.15) is 29.5 Å². The van der Waals surface area contributed by atoms with Gasteiger partial charge in [-0.05, 0) is 59.9 Å². The molecule has 1 aliphatic carbocycles. The van der Waals surface area contributed by atoms with Crippen LogP contribution in [0.2, 0.25) is 5.02 Å². The third-order valence-electron chi connectivity index (χ3n) is 6.00. The Hall–Kier alpha value is -2.83. The minimum atomic E-state index is -3.93. The van der Waals surface area contributed by atoms with Gasteiger partial charge < -0.3 is 5.32 Å². The predicted molar refractivity (Wildman–Crippen MR) is 121 cm³/mol. The van der Waals surface area contributed by atoms with Crippen molar-refractivity contribution < 1.29 is 12.8 Å². The molecular weight excluding hydrogens is 435 g/mol. The van der Waals surface area contributed by atoms with Gasteiger partial charge in [0.1, 0.15) is 5.82 Å². The number of hydrogen-bond acceptors (Lipinski definition) is 3. The Morgan fingerprint density at radius 2 is 1.77 bits per heavy atom. The van der Waals surface area contributed by atoms with Gasteiger partial charge in [-0.3, -0.25) is 4.72 Å². The van der Waals surface area contributed by atoms with Gasteiger partial charge in [-0.1, -0.05) is 54.1 Å². The van der Waals surface area contributed by atoms with E-state index >= 15 is 0 Å². The van der Waals surface area contributed by atoms with Crippen LogP contribution in [-0.4, -0.2) is 8.42 Å². The molecule has 7 heteroatoms. The maximum Gasteiger partial charge on any atom is 0.261 e. The molecule has 0 bridgehead atoms. The Balaban J connectivity index is 1.52. The molecule has 158 valence electrons. The molecule has 4 nitrogen and oxygen atoms in total. The van der Waals surface area contributed by atoms with Crippen LogP contribution >= 0.6 is 11.6 Å². The maximum atomic E-state index is 14.0. The van der Waals surface area contributed by atoms with Gasteiger partial charge in [-0.25, -0.2) is 12.8 Å². The number of anilines is 2. The lowest BCUT2D eigenvalue weighted by molar-refractivity contribution is 0.425. The number of allylic oxidation sites excluding steroid dienone is 2. The van der Waals surface area contributed by atoms with E-state index in [2.05, 4.69) is 22.2 Å². The first kappa shape index (κ1) is 20.1. The molecule has 0 unspecified atom stereocenters. The third-order valence-corrected chi connectivity index (χ3v) is 7.71. The summed E-state index contributed by atoms with van der Waals surface area (Å²) in [6.45, 7) is 0. The number of para-hydroxylation sites is 1. The minimum absolute atomic E-state index is 0.0280. The van der Waals surface area contributed by atoms with Crippen LogP contribution in [0.25, 0.3) is 0 Å². The summed E-state index contributed by atoms with van der Waals surface area (Å²) < 4.78 is 42.2. The molecule has 0 fully saturated rings. The number of benzene rings is 3. The van der Waals surface area contributed by atoms with E-state index in [9.17, 15) is 12.8 Å². The first-order valence-electron chi connectivity index (χ1n) is 10.0. The summed E-state index contributed by atoms with van der Waals surface area (Å²) in [5.74, 6) is -0.321. The Labute approximate surface area is 185 Å². The maximum absolute atomic E-state index is 14.0. The van der Waals surface area contributed by atoms with Crippen molar-refractivity contribution in [3.63, 3.8) is 0 Å². The summed E-state index contributed by atoms with van der Waals surface area (Å²) in [6, 6.07) is 18.5. The lowest BCUT2D eigenvalue weighted by Crippen LogP contribution is -2.29. The zero-order chi connectivity index (χ0) is 21.6. The summed E-state index contributed by atoms with van der Waals surface area (Å²) in [5, 5.41) is 4.27. The van der Waals surface area contributed by atoms with Crippen LogP contribution in [0.3, 0.4) is 0 Å². The van der Waals surface area contributed by atoms with Crippen molar-refractivity contribution >= 4 is 33.0 Å². The molecule has 3 aromatic rings. The smallest absolute Gasteiger partial charge is 0.261 e. The van der Waals surface area contributed by atoms with Gasteiger partial charge in [0.05, 0.1) is 16.6 Å². The van der Waals surface area contributed by atoms with Crippen LogP contribution in [0.5, 0.6) is 0 Å². The van der Waals surface area contributed by atoms with Gasteiger partial charge in [0, 0.05) is 16.6 Å². The van der Waals surface area contributed by atoms with Crippen molar-refractivity contribution in [1.82, 2.24) is 0 Å². The molecule has 0 amide bonds. The van der Waals surface area contributed by atoms with E-state index < -0.39 is 15.8 Å². The highest BCUT2D eigenvalue weighted by atomic mass is 35.5. The van der Waals surface area contributed by atoms with Crippen LogP contribution in [-0.2, 0) is 10.0 Å². The van der Waals surface area contributed by atoms with Gasteiger partial charge in [-0.2, -0.15) is 0 Å². The highest BCUT2D eigenvalue weighted by Crippen LogP contribution is 2.51. The van der Waals surface area contributed by atoms with E-state index in [0.29, 0.717) is 5.02 Å². The summed E-state index contributed by atoms with van der Waals surface area (Å²) in [5.41, 5.74) is 2.75. The number of halogens is 2. The number of rotatable bonds is 4. The van der Waals surface area contributed by atoms with Gasteiger partial charge in [0.15, 0.2) is 0 Å². The molecule has 1 aliphatic heterocycles. The molecule has 1 heterocycles. The molecule has 0 spiro atoms. The summed E-state index contributed by atoms with van der Waals surface area (Å²) >= 11 is 6.47. The molecule has 0 saturated heterocycles. The summed E-state index contributed by atoms with van der Waals surface area (Å²) in [7, 11) is -3.93. The fraction of sp³-hybridized carbons (Fsp3) is 0.167. The lowest BCUT2D eigenvalue weighted by Gasteiger charge is -2.38. The molecule has 3 atom stereocenters. The largest absolute Gasteiger partial charge is 0.378 e. The molecule has 2 aliphatic rings. The normalized spacial score (nSPS) is 21.8. The first-order valence-corrected chi connectivity index (χ1v) is 11.9. The molecule has 5 rings (SSSR count). The van der Waals surface area contributed by atoms with E-state index in [1.807, 2.05) is 24.3 Å². The molecule has 0 saturated carbocycles. The Morgan fingerprint density at radius 3 is 2.58 bits per heavy atom. The van der Waals surface area contributed by atoms with Crippen molar-refractivity contribution in [2.45, 2.75) is 23.3 Å². The molecular formula is C24H20ClFN2O2S. The Bertz CT molecular complexity index is 1290. The van der Waals surface area contributed by atoms with Gasteiger partial charge >= 0.3 is 0 Å². The van der Waals surface area contributed by atoms with Crippen LogP contribution in [0.15, 0.2) is 83.8 Å². The van der Waals surface area contributed by atoms with Crippen molar-refractivity contribution in [1.29, 1.82) is 0 Å². The molecule has 2 N–H and O–H groups in total. The van der Waals surface area contributed by atoms with E-state index in [0.717, 1.165) is 23.2 Å². The number of sulfonamides is 1. The second-order valence-electron chi connectivity index (χ2n) is 7.83. The fourth-order valence-electron chi connectivity index (χ4n) is 4.52. The average molecular weight is 455 g/mol. The highest BCUT2D eigenvalue weighted by molar-refractivity contribution is 7.92. The summed E-state index contributed by atoms with van der Waals surface area (Å²) in [6.07, 6.45) is 5.14. The van der Waals surface area contributed by atoms with E-state index in [1.54, 1.807) is 18.2 Å². The van der Waals surface area contributed by atoms with Gasteiger partial charge in [0.25, 0.3) is 10.0 Å². The number of hydrogen-bond donors (Lipinski definition) is 2. The zero-order valence-electron chi connectivity index (χ0n) is 16.4. The summed E-state index contributed by atoms with van der Waals surface area (Å²) in [4.78, 5) is 0.103. The minimum Gasteiger partial charge on any atom is -0.378 e. The fourth-order valence-corrected chi connectivity index (χ4v) is 5.88. The molecule has 3 aromatic carbocycles. The average Bonchev–Trinajstić information content (AvgIpc) is 3.25. The van der Waals surface area contributed by atoms with Crippen LogP contribution in [0, 0.1) is 11.7 Å². The van der Waals surface area contributed by atoms with Crippen molar-refractivity contribution in [3.05, 3.63) is 101 Å². The second-order valence-corrected chi connectivity index (χ2v) is 9.92. The molecule has 31 heavy (non-hydrogen) atoms. The van der Waals surface area contributed by atoms with Crippen molar-refractivity contribution in [2.75, 3.05) is 10.0 Å². The van der Waals surface area contributed by atoms with E-state index in [-0.39, 0.29) is 28.5 Å². The van der Waals surface area contributed by atoms with Crippen molar-refractivity contribution in [3.8, 4) is 0 Å². The quantitative estimate of drug-likeness (QED) is 0.468. The van der Waals surface area contributed by atoms with Gasteiger partial charge in [0.2, 0.25) is 0 Å². The van der Waals surface area contributed by atoms with E-state index in [1.165, 1.54) is 24.3 Å². The topological polar surface area (TPSA) is 58.2 Å². The Kier molecular flexibility index (Phi) is 4.99. The Morgan fingerprint density at radius 1 is 1.00 bits per heavy atom. The highest BCUT2D eigenvalue weighted by Gasteiger charge is 2.39. The van der Waals surface area contributed by atoms with Crippen molar-refractivity contribution in [2.24, 2.45) is 5.92 Å². The molecule has 0 aromatic heterocycles. The lowest BCUT2D eigenvalue weighted by atomic mass is 9.77. The monoisotopic (exact) mass is 454 g/mol. The first-order chi connectivity index (χ1) is 14.9. The number of nitrogens with one attached hydrogen (secondary N) is 2. The van der Waals surface area contributed by atoms with Crippen LogP contribution < -0.4 is 10.0 Å². The predicted octanol–water partition coefficient (Wildman–Crippen LogP) is 6.11.